The maximum atomic E-state index is 12.1. The number of halogens is 1. The van der Waals surface area contributed by atoms with Gasteiger partial charge in [-0.2, -0.15) is 0 Å². The molecule has 3 unspecified atom stereocenters. The van der Waals surface area contributed by atoms with E-state index in [0.29, 0.717) is 34.0 Å². The molecule has 0 aromatic heterocycles. The SMILES string of the molecule is CC1CCC(C(C)C)C(Oc2ccc(NC(=O)NC(=O)c3ccc(Cl)cc3)cc2)C1. The van der Waals surface area contributed by atoms with Crippen LogP contribution < -0.4 is 15.4 Å². The van der Waals surface area contributed by atoms with Gasteiger partial charge in [0.1, 0.15) is 11.9 Å². The summed E-state index contributed by atoms with van der Waals surface area (Å²) in [5, 5.41) is 5.50. The van der Waals surface area contributed by atoms with Crippen LogP contribution in [0.15, 0.2) is 48.5 Å². The van der Waals surface area contributed by atoms with Gasteiger partial charge in [-0.15, -0.1) is 0 Å². The van der Waals surface area contributed by atoms with E-state index in [4.69, 9.17) is 16.3 Å². The van der Waals surface area contributed by atoms with Gasteiger partial charge in [-0.05, 0) is 79.1 Å². The minimum atomic E-state index is -0.593. The number of ether oxygens (including phenoxy) is 1. The summed E-state index contributed by atoms with van der Waals surface area (Å²) < 4.78 is 6.30. The van der Waals surface area contributed by atoms with Gasteiger partial charge in [-0.25, -0.2) is 4.79 Å². The van der Waals surface area contributed by atoms with Crippen molar-refractivity contribution in [3.63, 3.8) is 0 Å². The zero-order valence-electron chi connectivity index (χ0n) is 17.7. The van der Waals surface area contributed by atoms with Crippen molar-refractivity contribution in [2.75, 3.05) is 5.32 Å². The van der Waals surface area contributed by atoms with Crippen molar-refractivity contribution in [1.82, 2.24) is 5.32 Å². The third kappa shape index (κ3) is 5.99. The number of imide groups is 1. The lowest BCUT2D eigenvalue weighted by Crippen LogP contribution is -2.36. The van der Waals surface area contributed by atoms with Crippen LogP contribution in [0.2, 0.25) is 5.02 Å². The number of benzene rings is 2. The fourth-order valence-electron chi connectivity index (χ4n) is 3.98. The number of urea groups is 1. The van der Waals surface area contributed by atoms with Crippen LogP contribution in [0.1, 0.15) is 50.4 Å². The number of rotatable bonds is 5. The van der Waals surface area contributed by atoms with Crippen molar-refractivity contribution < 1.29 is 14.3 Å². The highest BCUT2D eigenvalue weighted by molar-refractivity contribution is 6.30. The molecule has 1 aliphatic carbocycles. The van der Waals surface area contributed by atoms with Gasteiger partial charge in [0.2, 0.25) is 0 Å². The van der Waals surface area contributed by atoms with E-state index >= 15 is 0 Å². The van der Waals surface area contributed by atoms with E-state index in [9.17, 15) is 9.59 Å². The molecule has 6 heteroatoms. The van der Waals surface area contributed by atoms with Gasteiger partial charge < -0.3 is 10.1 Å². The van der Waals surface area contributed by atoms with Gasteiger partial charge in [0, 0.05) is 16.3 Å². The molecule has 3 amide bonds. The van der Waals surface area contributed by atoms with Crippen molar-refractivity contribution in [1.29, 1.82) is 0 Å². The summed E-state index contributed by atoms with van der Waals surface area (Å²) in [6, 6.07) is 13.0. The van der Waals surface area contributed by atoms with Gasteiger partial charge in [-0.3, -0.25) is 10.1 Å². The molecule has 30 heavy (non-hydrogen) atoms. The van der Waals surface area contributed by atoms with Crippen LogP contribution >= 0.6 is 11.6 Å². The van der Waals surface area contributed by atoms with E-state index in [-0.39, 0.29) is 6.10 Å². The van der Waals surface area contributed by atoms with Crippen LogP contribution in [0.25, 0.3) is 0 Å². The van der Waals surface area contributed by atoms with E-state index in [1.807, 2.05) is 12.1 Å². The number of nitrogens with one attached hydrogen (secondary N) is 2. The molecule has 0 bridgehead atoms. The summed E-state index contributed by atoms with van der Waals surface area (Å²) in [5.74, 6) is 2.12. The molecule has 0 aliphatic heterocycles. The lowest BCUT2D eigenvalue weighted by atomic mass is 9.75. The predicted molar refractivity (Wildman–Crippen MR) is 120 cm³/mol. The average Bonchev–Trinajstić information content (AvgIpc) is 2.69. The number of carbonyl (C=O) groups is 2. The number of hydrogen-bond acceptors (Lipinski definition) is 3. The third-order valence-corrected chi connectivity index (χ3v) is 5.95. The number of anilines is 1. The monoisotopic (exact) mass is 428 g/mol. The molecule has 0 heterocycles. The highest BCUT2D eigenvalue weighted by Crippen LogP contribution is 2.36. The van der Waals surface area contributed by atoms with E-state index in [1.54, 1.807) is 36.4 Å². The molecule has 3 rings (SSSR count). The zero-order valence-corrected chi connectivity index (χ0v) is 18.4. The Morgan fingerprint density at radius 2 is 1.70 bits per heavy atom. The zero-order chi connectivity index (χ0) is 21.7. The summed E-state index contributed by atoms with van der Waals surface area (Å²) >= 11 is 5.81. The maximum Gasteiger partial charge on any atom is 0.326 e. The summed E-state index contributed by atoms with van der Waals surface area (Å²) in [4.78, 5) is 24.2. The first-order chi connectivity index (χ1) is 14.3. The molecule has 160 valence electrons. The molecule has 5 nitrogen and oxygen atoms in total. The summed E-state index contributed by atoms with van der Waals surface area (Å²) in [6.45, 7) is 6.80. The first kappa shape index (κ1) is 22.2. The molecule has 2 aromatic rings. The number of hydrogen-bond donors (Lipinski definition) is 2. The molecular formula is C24H29ClN2O3. The molecule has 0 spiro atoms. The van der Waals surface area contributed by atoms with Crippen molar-refractivity contribution in [2.24, 2.45) is 17.8 Å². The molecule has 0 radical (unpaired) electrons. The lowest BCUT2D eigenvalue weighted by Gasteiger charge is -2.37. The predicted octanol–water partition coefficient (Wildman–Crippen LogP) is 6.14. The Kier molecular flexibility index (Phi) is 7.38. The minimum absolute atomic E-state index is 0.216. The van der Waals surface area contributed by atoms with Crippen LogP contribution in [0.5, 0.6) is 5.75 Å². The minimum Gasteiger partial charge on any atom is -0.490 e. The number of amides is 3. The normalized spacial score (nSPS) is 21.2. The van der Waals surface area contributed by atoms with Crippen LogP contribution in [0.4, 0.5) is 10.5 Å². The van der Waals surface area contributed by atoms with Gasteiger partial charge in [-0.1, -0.05) is 38.8 Å². The molecule has 1 fully saturated rings. The summed E-state index contributed by atoms with van der Waals surface area (Å²) in [7, 11) is 0. The second-order valence-electron chi connectivity index (χ2n) is 8.42. The fourth-order valence-corrected chi connectivity index (χ4v) is 4.11. The van der Waals surface area contributed by atoms with Crippen molar-refractivity contribution >= 4 is 29.2 Å². The molecule has 3 atom stereocenters. The first-order valence-corrected chi connectivity index (χ1v) is 10.8. The average molecular weight is 429 g/mol. The molecule has 0 saturated heterocycles. The van der Waals surface area contributed by atoms with Crippen molar-refractivity contribution in [2.45, 2.75) is 46.1 Å². The highest BCUT2D eigenvalue weighted by atomic mass is 35.5. The second-order valence-corrected chi connectivity index (χ2v) is 8.86. The molecule has 1 saturated carbocycles. The molecular weight excluding hydrogens is 400 g/mol. The summed E-state index contributed by atoms with van der Waals surface area (Å²) in [5.41, 5.74) is 0.945. The third-order valence-electron chi connectivity index (χ3n) is 5.69. The van der Waals surface area contributed by atoms with E-state index in [0.717, 1.165) is 12.2 Å². The second kappa shape index (κ2) is 9.98. The quantitative estimate of drug-likeness (QED) is 0.600. The van der Waals surface area contributed by atoms with Gasteiger partial charge >= 0.3 is 6.03 Å². The Morgan fingerprint density at radius 1 is 1.03 bits per heavy atom. The summed E-state index contributed by atoms with van der Waals surface area (Å²) in [6.07, 6.45) is 3.74. The topological polar surface area (TPSA) is 67.4 Å². The van der Waals surface area contributed by atoms with E-state index in [2.05, 4.69) is 31.4 Å². The Hall–Kier alpha value is -2.53. The molecule has 2 N–H and O–H groups in total. The fraction of sp³-hybridized carbons (Fsp3) is 0.417. The smallest absolute Gasteiger partial charge is 0.326 e. The largest absolute Gasteiger partial charge is 0.490 e. The Bertz CT molecular complexity index is 865. The van der Waals surface area contributed by atoms with Gasteiger partial charge in [0.15, 0.2) is 0 Å². The Morgan fingerprint density at radius 3 is 2.33 bits per heavy atom. The first-order valence-electron chi connectivity index (χ1n) is 10.5. The van der Waals surface area contributed by atoms with Crippen LogP contribution in [-0.2, 0) is 0 Å². The van der Waals surface area contributed by atoms with Crippen LogP contribution in [0.3, 0.4) is 0 Å². The molecule has 1 aliphatic rings. The van der Waals surface area contributed by atoms with Crippen LogP contribution in [-0.4, -0.2) is 18.0 Å². The Labute approximate surface area is 183 Å². The van der Waals surface area contributed by atoms with Crippen LogP contribution in [0, 0.1) is 17.8 Å². The standard InChI is InChI=1S/C24H29ClN2O3/c1-15(2)21-13-4-16(3)14-22(21)30-20-11-9-19(10-12-20)26-24(29)27-23(28)17-5-7-18(25)8-6-17/h5-12,15-16,21-22H,4,13-14H2,1-3H3,(H2,26,27,28,29). The van der Waals surface area contributed by atoms with E-state index < -0.39 is 11.9 Å². The Balaban J connectivity index is 1.55. The van der Waals surface area contributed by atoms with Crippen molar-refractivity contribution in [3.05, 3.63) is 59.1 Å². The van der Waals surface area contributed by atoms with E-state index in [1.165, 1.54) is 12.8 Å². The van der Waals surface area contributed by atoms with Gasteiger partial charge in [0.25, 0.3) is 5.91 Å². The molecule has 2 aromatic carbocycles. The highest BCUT2D eigenvalue weighted by Gasteiger charge is 2.32. The number of carbonyl (C=O) groups excluding carboxylic acids is 2. The van der Waals surface area contributed by atoms with Gasteiger partial charge in [0.05, 0.1) is 0 Å². The maximum absolute atomic E-state index is 12.1. The van der Waals surface area contributed by atoms with Crippen molar-refractivity contribution in [3.8, 4) is 5.75 Å². The lowest BCUT2D eigenvalue weighted by molar-refractivity contribution is 0.0460.